The van der Waals surface area contributed by atoms with Gasteiger partial charge >= 0.3 is 11.9 Å². The SMILES string of the molecule is CC(Cc1cccc(C(=O)O)c1C(=O)O)c1ccccc1. The Morgan fingerprint density at radius 2 is 1.62 bits per heavy atom. The fourth-order valence-corrected chi connectivity index (χ4v) is 2.43. The van der Waals surface area contributed by atoms with Crippen LogP contribution in [0.2, 0.25) is 0 Å². The molecule has 0 aliphatic heterocycles. The van der Waals surface area contributed by atoms with Crippen molar-refractivity contribution in [1.82, 2.24) is 0 Å². The molecule has 0 saturated heterocycles. The normalized spacial score (nSPS) is 11.9. The van der Waals surface area contributed by atoms with E-state index in [1.54, 1.807) is 12.1 Å². The third-order valence-corrected chi connectivity index (χ3v) is 3.49. The summed E-state index contributed by atoms with van der Waals surface area (Å²) in [4.78, 5) is 22.6. The fourth-order valence-electron chi connectivity index (χ4n) is 2.43. The zero-order valence-corrected chi connectivity index (χ0v) is 11.6. The number of benzene rings is 2. The molecule has 0 heterocycles. The van der Waals surface area contributed by atoms with Crippen LogP contribution in [0, 0.1) is 0 Å². The lowest BCUT2D eigenvalue weighted by atomic mass is 9.89. The number of carboxylic acids is 2. The number of hydrogen-bond donors (Lipinski definition) is 2. The molecule has 4 nitrogen and oxygen atoms in total. The summed E-state index contributed by atoms with van der Waals surface area (Å²) >= 11 is 0. The molecule has 0 aliphatic carbocycles. The lowest BCUT2D eigenvalue weighted by molar-refractivity contribution is 0.0650. The Bertz CT molecular complexity index is 662. The lowest BCUT2D eigenvalue weighted by Gasteiger charge is -2.15. The van der Waals surface area contributed by atoms with Crippen LogP contribution in [0.1, 0.15) is 44.7 Å². The maximum absolute atomic E-state index is 11.4. The molecule has 21 heavy (non-hydrogen) atoms. The molecule has 108 valence electrons. The molecule has 1 unspecified atom stereocenters. The van der Waals surface area contributed by atoms with Crippen LogP contribution >= 0.6 is 0 Å². The molecule has 0 radical (unpaired) electrons. The average Bonchev–Trinajstić information content (AvgIpc) is 2.47. The molecule has 0 fully saturated rings. The lowest BCUT2D eigenvalue weighted by Crippen LogP contribution is -2.13. The van der Waals surface area contributed by atoms with E-state index >= 15 is 0 Å². The number of aromatic carboxylic acids is 2. The molecule has 4 heteroatoms. The van der Waals surface area contributed by atoms with Gasteiger partial charge in [0.15, 0.2) is 0 Å². The van der Waals surface area contributed by atoms with Crippen molar-refractivity contribution in [3.05, 3.63) is 70.8 Å². The van der Waals surface area contributed by atoms with E-state index < -0.39 is 11.9 Å². The first kappa shape index (κ1) is 14.8. The number of hydrogen-bond acceptors (Lipinski definition) is 2. The quantitative estimate of drug-likeness (QED) is 0.882. The van der Waals surface area contributed by atoms with Crippen LogP contribution in [-0.2, 0) is 6.42 Å². The molecule has 2 aromatic rings. The molecule has 2 aromatic carbocycles. The number of carboxylic acid groups (broad SMARTS) is 2. The molecule has 0 spiro atoms. The van der Waals surface area contributed by atoms with Gasteiger partial charge in [0.2, 0.25) is 0 Å². The number of carbonyl (C=O) groups is 2. The third-order valence-electron chi connectivity index (χ3n) is 3.49. The minimum Gasteiger partial charge on any atom is -0.478 e. The molecule has 0 aromatic heterocycles. The van der Waals surface area contributed by atoms with Gasteiger partial charge in [-0.2, -0.15) is 0 Å². The fraction of sp³-hybridized carbons (Fsp3) is 0.176. The molecule has 0 saturated carbocycles. The summed E-state index contributed by atoms with van der Waals surface area (Å²) in [6, 6.07) is 14.3. The Kier molecular flexibility index (Phi) is 4.38. The Hall–Kier alpha value is -2.62. The van der Waals surface area contributed by atoms with Crippen molar-refractivity contribution in [2.75, 3.05) is 0 Å². The first-order chi connectivity index (χ1) is 10.0. The van der Waals surface area contributed by atoms with Crippen molar-refractivity contribution in [1.29, 1.82) is 0 Å². The highest BCUT2D eigenvalue weighted by Crippen LogP contribution is 2.24. The highest BCUT2D eigenvalue weighted by Gasteiger charge is 2.21. The van der Waals surface area contributed by atoms with Gasteiger partial charge in [0.25, 0.3) is 0 Å². The monoisotopic (exact) mass is 284 g/mol. The van der Waals surface area contributed by atoms with Crippen LogP contribution in [0.4, 0.5) is 0 Å². The largest absolute Gasteiger partial charge is 0.478 e. The molecule has 2 rings (SSSR count). The summed E-state index contributed by atoms with van der Waals surface area (Å²) in [7, 11) is 0. The highest BCUT2D eigenvalue weighted by atomic mass is 16.4. The van der Waals surface area contributed by atoms with E-state index in [2.05, 4.69) is 0 Å². The zero-order valence-electron chi connectivity index (χ0n) is 11.6. The highest BCUT2D eigenvalue weighted by molar-refractivity contribution is 6.02. The predicted octanol–water partition coefficient (Wildman–Crippen LogP) is 3.43. The minimum atomic E-state index is -1.22. The predicted molar refractivity (Wildman–Crippen MR) is 78.9 cm³/mol. The second kappa shape index (κ2) is 6.22. The average molecular weight is 284 g/mol. The molecular formula is C17H16O4. The second-order valence-electron chi connectivity index (χ2n) is 4.97. The Morgan fingerprint density at radius 3 is 2.19 bits per heavy atom. The summed E-state index contributed by atoms with van der Waals surface area (Å²) in [6.07, 6.45) is 0.479. The van der Waals surface area contributed by atoms with Crippen molar-refractivity contribution in [3.8, 4) is 0 Å². The first-order valence-electron chi connectivity index (χ1n) is 6.64. The number of rotatable bonds is 5. The van der Waals surface area contributed by atoms with Crippen LogP contribution in [0.5, 0.6) is 0 Å². The standard InChI is InChI=1S/C17H16O4/c1-11(12-6-3-2-4-7-12)10-13-8-5-9-14(16(18)19)15(13)17(20)21/h2-9,11H,10H2,1H3,(H,18,19)(H,20,21). The van der Waals surface area contributed by atoms with Gasteiger partial charge in [-0.15, -0.1) is 0 Å². The summed E-state index contributed by atoms with van der Waals surface area (Å²) in [5, 5.41) is 18.4. The minimum absolute atomic E-state index is 0.105. The summed E-state index contributed by atoms with van der Waals surface area (Å²) < 4.78 is 0. The Labute approximate surface area is 122 Å². The maximum atomic E-state index is 11.4. The Morgan fingerprint density at radius 1 is 0.952 bits per heavy atom. The first-order valence-corrected chi connectivity index (χ1v) is 6.64. The van der Waals surface area contributed by atoms with Crippen molar-refractivity contribution in [2.24, 2.45) is 0 Å². The second-order valence-corrected chi connectivity index (χ2v) is 4.97. The maximum Gasteiger partial charge on any atom is 0.336 e. The van der Waals surface area contributed by atoms with Gasteiger partial charge in [0.05, 0.1) is 11.1 Å². The van der Waals surface area contributed by atoms with Gasteiger partial charge in [-0.25, -0.2) is 9.59 Å². The van der Waals surface area contributed by atoms with Crippen LogP contribution in [0.3, 0.4) is 0 Å². The Balaban J connectivity index is 2.38. The van der Waals surface area contributed by atoms with Gasteiger partial charge in [-0.05, 0) is 29.5 Å². The summed E-state index contributed by atoms with van der Waals surface area (Å²) in [5.41, 5.74) is 1.35. The molecule has 1 atom stereocenters. The molecule has 0 amide bonds. The zero-order chi connectivity index (χ0) is 15.4. The van der Waals surface area contributed by atoms with E-state index in [1.807, 2.05) is 37.3 Å². The molecule has 0 aliphatic rings. The van der Waals surface area contributed by atoms with E-state index in [-0.39, 0.29) is 17.0 Å². The van der Waals surface area contributed by atoms with Crippen LogP contribution in [0.15, 0.2) is 48.5 Å². The van der Waals surface area contributed by atoms with Crippen LogP contribution < -0.4 is 0 Å². The van der Waals surface area contributed by atoms with Gasteiger partial charge in [0, 0.05) is 0 Å². The van der Waals surface area contributed by atoms with Crippen molar-refractivity contribution < 1.29 is 19.8 Å². The topological polar surface area (TPSA) is 74.6 Å². The van der Waals surface area contributed by atoms with Gasteiger partial charge in [-0.3, -0.25) is 0 Å². The smallest absolute Gasteiger partial charge is 0.336 e. The third kappa shape index (κ3) is 3.28. The molecular weight excluding hydrogens is 268 g/mol. The van der Waals surface area contributed by atoms with E-state index in [0.29, 0.717) is 12.0 Å². The van der Waals surface area contributed by atoms with Gasteiger partial charge in [-0.1, -0.05) is 49.4 Å². The van der Waals surface area contributed by atoms with Crippen molar-refractivity contribution in [3.63, 3.8) is 0 Å². The molecule has 0 bridgehead atoms. The van der Waals surface area contributed by atoms with Gasteiger partial charge in [0.1, 0.15) is 0 Å². The van der Waals surface area contributed by atoms with E-state index in [9.17, 15) is 14.7 Å². The van der Waals surface area contributed by atoms with E-state index in [0.717, 1.165) is 5.56 Å². The summed E-state index contributed by atoms with van der Waals surface area (Å²) in [5.74, 6) is -2.32. The van der Waals surface area contributed by atoms with Crippen LogP contribution in [-0.4, -0.2) is 22.2 Å². The molecule has 2 N–H and O–H groups in total. The summed E-state index contributed by atoms with van der Waals surface area (Å²) in [6.45, 7) is 1.99. The van der Waals surface area contributed by atoms with E-state index in [4.69, 9.17) is 5.11 Å². The van der Waals surface area contributed by atoms with E-state index in [1.165, 1.54) is 6.07 Å². The van der Waals surface area contributed by atoms with Crippen LogP contribution in [0.25, 0.3) is 0 Å². The van der Waals surface area contributed by atoms with Crippen molar-refractivity contribution >= 4 is 11.9 Å². The van der Waals surface area contributed by atoms with Crippen molar-refractivity contribution in [2.45, 2.75) is 19.3 Å². The van der Waals surface area contributed by atoms with Gasteiger partial charge < -0.3 is 10.2 Å².